The van der Waals surface area contributed by atoms with E-state index in [9.17, 15) is 4.79 Å². The lowest BCUT2D eigenvalue weighted by molar-refractivity contribution is -0.133. The Hall–Kier alpha value is -1.43. The van der Waals surface area contributed by atoms with E-state index in [4.69, 9.17) is 0 Å². The fourth-order valence-electron chi connectivity index (χ4n) is 3.40. The van der Waals surface area contributed by atoms with Crippen LogP contribution in [0.5, 0.6) is 0 Å². The first-order valence-electron chi connectivity index (χ1n) is 8.17. The lowest BCUT2D eigenvalue weighted by Gasteiger charge is -2.33. The molecule has 0 radical (unpaired) electrons. The SMILES string of the molecule is O=C(CN1CCCCCC1)N1CCC(n2cnnc2)CC1. The van der Waals surface area contributed by atoms with Crippen LogP contribution in [0.2, 0.25) is 0 Å². The summed E-state index contributed by atoms with van der Waals surface area (Å²) in [6.45, 7) is 4.49. The lowest BCUT2D eigenvalue weighted by atomic mass is 10.0. The summed E-state index contributed by atoms with van der Waals surface area (Å²) in [7, 11) is 0. The quantitative estimate of drug-likeness (QED) is 0.843. The molecule has 1 aromatic heterocycles. The molecule has 2 fully saturated rings. The molecule has 3 heterocycles. The van der Waals surface area contributed by atoms with E-state index in [2.05, 4.69) is 19.7 Å². The molecule has 2 aliphatic heterocycles. The Bertz CT molecular complexity index is 431. The number of likely N-dealkylation sites (tertiary alicyclic amines) is 2. The zero-order valence-electron chi connectivity index (χ0n) is 12.7. The van der Waals surface area contributed by atoms with Crippen LogP contribution < -0.4 is 0 Å². The minimum atomic E-state index is 0.305. The second kappa shape index (κ2) is 7.02. The van der Waals surface area contributed by atoms with Crippen molar-refractivity contribution in [2.45, 2.75) is 44.6 Å². The van der Waals surface area contributed by atoms with Crippen molar-refractivity contribution < 1.29 is 4.79 Å². The van der Waals surface area contributed by atoms with Gasteiger partial charge in [-0.3, -0.25) is 9.69 Å². The molecule has 0 spiro atoms. The van der Waals surface area contributed by atoms with Gasteiger partial charge in [0.05, 0.1) is 6.54 Å². The van der Waals surface area contributed by atoms with Crippen molar-refractivity contribution in [1.29, 1.82) is 0 Å². The van der Waals surface area contributed by atoms with Gasteiger partial charge in [-0.05, 0) is 38.8 Å². The van der Waals surface area contributed by atoms with Crippen LogP contribution >= 0.6 is 0 Å². The van der Waals surface area contributed by atoms with Crippen molar-refractivity contribution in [3.63, 3.8) is 0 Å². The maximum Gasteiger partial charge on any atom is 0.236 e. The highest BCUT2D eigenvalue weighted by Crippen LogP contribution is 2.22. The topological polar surface area (TPSA) is 54.3 Å². The number of aromatic nitrogens is 3. The third-order valence-corrected chi connectivity index (χ3v) is 4.73. The van der Waals surface area contributed by atoms with E-state index < -0.39 is 0 Å². The molecule has 1 aromatic rings. The van der Waals surface area contributed by atoms with Crippen LogP contribution in [0.3, 0.4) is 0 Å². The van der Waals surface area contributed by atoms with Gasteiger partial charge in [-0.25, -0.2) is 0 Å². The Kier molecular flexibility index (Phi) is 4.85. The first kappa shape index (κ1) is 14.5. The summed E-state index contributed by atoms with van der Waals surface area (Å²) in [5, 5.41) is 7.73. The molecule has 0 aromatic carbocycles. The van der Waals surface area contributed by atoms with Crippen LogP contribution in [-0.4, -0.2) is 63.2 Å². The van der Waals surface area contributed by atoms with Crippen molar-refractivity contribution in [3.8, 4) is 0 Å². The van der Waals surface area contributed by atoms with Gasteiger partial charge in [0.2, 0.25) is 5.91 Å². The fraction of sp³-hybridized carbons (Fsp3) is 0.800. The predicted octanol–water partition coefficient (Wildman–Crippen LogP) is 1.32. The van der Waals surface area contributed by atoms with Crippen molar-refractivity contribution in [2.75, 3.05) is 32.7 Å². The van der Waals surface area contributed by atoms with Gasteiger partial charge in [0.15, 0.2) is 0 Å². The van der Waals surface area contributed by atoms with Gasteiger partial charge in [-0.15, -0.1) is 10.2 Å². The summed E-state index contributed by atoms with van der Waals surface area (Å²) >= 11 is 0. The molecule has 0 N–H and O–H groups in total. The molecule has 116 valence electrons. The summed E-state index contributed by atoms with van der Waals surface area (Å²) in [5.74, 6) is 0.305. The van der Waals surface area contributed by atoms with Gasteiger partial charge in [0.1, 0.15) is 12.7 Å². The second-order valence-electron chi connectivity index (χ2n) is 6.21. The van der Waals surface area contributed by atoms with Crippen molar-refractivity contribution >= 4 is 5.91 Å². The maximum atomic E-state index is 12.4. The third kappa shape index (κ3) is 3.81. The van der Waals surface area contributed by atoms with Gasteiger partial charge < -0.3 is 9.47 Å². The second-order valence-corrected chi connectivity index (χ2v) is 6.21. The molecule has 0 atom stereocenters. The van der Waals surface area contributed by atoms with E-state index in [0.717, 1.165) is 39.0 Å². The molecule has 0 saturated carbocycles. The smallest absolute Gasteiger partial charge is 0.236 e. The number of carbonyl (C=O) groups excluding carboxylic acids is 1. The Morgan fingerprint density at radius 3 is 2.19 bits per heavy atom. The summed E-state index contributed by atoms with van der Waals surface area (Å²) in [4.78, 5) is 16.8. The van der Waals surface area contributed by atoms with Crippen molar-refractivity contribution in [1.82, 2.24) is 24.6 Å². The highest BCUT2D eigenvalue weighted by Gasteiger charge is 2.25. The summed E-state index contributed by atoms with van der Waals surface area (Å²) in [5.41, 5.74) is 0. The average molecular weight is 291 g/mol. The fourth-order valence-corrected chi connectivity index (χ4v) is 3.40. The third-order valence-electron chi connectivity index (χ3n) is 4.73. The first-order valence-corrected chi connectivity index (χ1v) is 8.17. The number of amides is 1. The first-order chi connectivity index (χ1) is 10.3. The van der Waals surface area contributed by atoms with Crippen LogP contribution in [0, 0.1) is 0 Å². The molecule has 1 amide bonds. The molecular formula is C15H25N5O. The molecular weight excluding hydrogens is 266 g/mol. The van der Waals surface area contributed by atoms with Crippen LogP contribution in [0.25, 0.3) is 0 Å². The lowest BCUT2D eigenvalue weighted by Crippen LogP contribution is -2.44. The van der Waals surface area contributed by atoms with Crippen LogP contribution in [0.1, 0.15) is 44.6 Å². The summed E-state index contributed by atoms with van der Waals surface area (Å²) in [6.07, 6.45) is 10.7. The van der Waals surface area contributed by atoms with Crippen molar-refractivity contribution in [3.05, 3.63) is 12.7 Å². The number of carbonyl (C=O) groups is 1. The van der Waals surface area contributed by atoms with Crippen LogP contribution in [0.4, 0.5) is 0 Å². The van der Waals surface area contributed by atoms with E-state index in [0.29, 0.717) is 18.5 Å². The highest BCUT2D eigenvalue weighted by atomic mass is 16.2. The van der Waals surface area contributed by atoms with Crippen LogP contribution in [-0.2, 0) is 4.79 Å². The molecule has 6 heteroatoms. The van der Waals surface area contributed by atoms with Gasteiger partial charge in [-0.2, -0.15) is 0 Å². The van der Waals surface area contributed by atoms with Crippen LogP contribution in [0.15, 0.2) is 12.7 Å². The van der Waals surface area contributed by atoms with Crippen molar-refractivity contribution in [2.24, 2.45) is 0 Å². The zero-order valence-corrected chi connectivity index (χ0v) is 12.7. The minimum Gasteiger partial charge on any atom is -0.341 e. The van der Waals surface area contributed by atoms with Gasteiger partial charge >= 0.3 is 0 Å². The molecule has 0 unspecified atom stereocenters. The molecule has 2 aliphatic rings. The standard InChI is InChI=1S/C15H25N5O/c21-15(11-18-7-3-1-2-4-8-18)19-9-5-14(6-10-19)20-12-16-17-13-20/h12-14H,1-11H2. The Balaban J connectivity index is 1.46. The van der Waals surface area contributed by atoms with E-state index in [1.807, 2.05) is 4.90 Å². The molecule has 2 saturated heterocycles. The maximum absolute atomic E-state index is 12.4. The number of hydrogen-bond acceptors (Lipinski definition) is 4. The zero-order chi connectivity index (χ0) is 14.5. The molecule has 21 heavy (non-hydrogen) atoms. The number of nitrogens with zero attached hydrogens (tertiary/aromatic N) is 5. The molecule has 6 nitrogen and oxygen atoms in total. The highest BCUT2D eigenvalue weighted by molar-refractivity contribution is 5.78. The van der Waals surface area contributed by atoms with E-state index in [-0.39, 0.29) is 0 Å². The van der Waals surface area contributed by atoms with Gasteiger partial charge in [-0.1, -0.05) is 12.8 Å². The average Bonchev–Trinajstić information content (AvgIpc) is 2.93. The molecule has 0 bridgehead atoms. The largest absolute Gasteiger partial charge is 0.341 e. The predicted molar refractivity (Wildman–Crippen MR) is 79.8 cm³/mol. The summed E-state index contributed by atoms with van der Waals surface area (Å²) < 4.78 is 2.07. The normalized spacial score (nSPS) is 22.2. The Morgan fingerprint density at radius 1 is 0.952 bits per heavy atom. The van der Waals surface area contributed by atoms with E-state index in [1.54, 1.807) is 12.7 Å². The minimum absolute atomic E-state index is 0.305. The molecule has 0 aliphatic carbocycles. The van der Waals surface area contributed by atoms with E-state index >= 15 is 0 Å². The molecule has 3 rings (SSSR count). The summed E-state index contributed by atoms with van der Waals surface area (Å²) in [6, 6.07) is 0.447. The Labute approximate surface area is 126 Å². The number of rotatable bonds is 3. The van der Waals surface area contributed by atoms with Gasteiger partial charge in [0.25, 0.3) is 0 Å². The monoisotopic (exact) mass is 291 g/mol. The number of piperidine rings is 1. The number of hydrogen-bond donors (Lipinski definition) is 0. The Morgan fingerprint density at radius 2 is 1.57 bits per heavy atom. The van der Waals surface area contributed by atoms with E-state index in [1.165, 1.54) is 25.7 Å². The van der Waals surface area contributed by atoms with Gasteiger partial charge in [0, 0.05) is 19.1 Å².